The number of halogens is 6. The van der Waals surface area contributed by atoms with Gasteiger partial charge in [0.1, 0.15) is 0 Å². The lowest BCUT2D eigenvalue weighted by Gasteiger charge is -2.22. The summed E-state index contributed by atoms with van der Waals surface area (Å²) in [5.41, 5.74) is -2.55. The minimum atomic E-state index is -4.81. The largest absolute Gasteiger partial charge is 0.416 e. The molecule has 0 saturated carbocycles. The summed E-state index contributed by atoms with van der Waals surface area (Å²) < 4.78 is 76.2. The second-order valence-corrected chi connectivity index (χ2v) is 4.71. The van der Waals surface area contributed by atoms with Gasteiger partial charge in [-0.25, -0.2) is 0 Å². The molecule has 2 unspecified atom stereocenters. The molecule has 0 aliphatic carbocycles. The molecule has 0 radical (unpaired) electrons. The second-order valence-electron chi connectivity index (χ2n) is 4.71. The summed E-state index contributed by atoms with van der Waals surface area (Å²) >= 11 is 0. The summed E-state index contributed by atoms with van der Waals surface area (Å²) in [4.78, 5) is 0. The van der Waals surface area contributed by atoms with Gasteiger partial charge in [-0.3, -0.25) is 0 Å². The number of hydrogen-bond donors (Lipinski definition) is 1. The molecule has 1 aromatic carbocycles. The third kappa shape index (κ3) is 3.88. The zero-order chi connectivity index (χ0) is 15.7. The van der Waals surface area contributed by atoms with E-state index in [4.69, 9.17) is 0 Å². The van der Waals surface area contributed by atoms with Gasteiger partial charge in [0.25, 0.3) is 0 Å². The number of rotatable bonds is 3. The van der Waals surface area contributed by atoms with Crippen LogP contribution in [0.15, 0.2) is 18.2 Å². The maximum Gasteiger partial charge on any atom is 0.416 e. The maximum atomic E-state index is 12.7. The van der Waals surface area contributed by atoms with Crippen molar-refractivity contribution < 1.29 is 26.3 Å². The Labute approximate surface area is 113 Å². The highest BCUT2D eigenvalue weighted by molar-refractivity contribution is 5.35. The van der Waals surface area contributed by atoms with Crippen LogP contribution in [0.1, 0.15) is 36.5 Å². The van der Waals surface area contributed by atoms with Crippen molar-refractivity contribution in [2.24, 2.45) is 0 Å². The molecule has 1 nitrogen and oxygen atoms in total. The van der Waals surface area contributed by atoms with Gasteiger partial charge < -0.3 is 5.32 Å². The van der Waals surface area contributed by atoms with Gasteiger partial charge in [-0.2, -0.15) is 26.3 Å². The van der Waals surface area contributed by atoms with E-state index >= 15 is 0 Å². The Bertz CT molecular complexity index is 431. The minimum Gasteiger partial charge on any atom is -0.317 e. The highest BCUT2D eigenvalue weighted by atomic mass is 19.4. The van der Waals surface area contributed by atoms with E-state index in [9.17, 15) is 26.3 Å². The van der Waals surface area contributed by atoms with E-state index in [0.717, 1.165) is 12.1 Å². The molecule has 7 heteroatoms. The van der Waals surface area contributed by atoms with Crippen molar-refractivity contribution in [3.63, 3.8) is 0 Å². The first-order valence-corrected chi connectivity index (χ1v) is 5.93. The van der Waals surface area contributed by atoms with Crippen molar-refractivity contribution in [3.8, 4) is 0 Å². The highest BCUT2D eigenvalue weighted by Crippen LogP contribution is 2.38. The van der Waals surface area contributed by atoms with Crippen molar-refractivity contribution in [1.29, 1.82) is 0 Å². The Morgan fingerprint density at radius 3 is 1.55 bits per heavy atom. The fourth-order valence-electron chi connectivity index (χ4n) is 1.78. The van der Waals surface area contributed by atoms with Gasteiger partial charge in [0.15, 0.2) is 0 Å². The SMILES string of the molecule is CNC(C)C(C)c1cc(C(F)(F)F)cc(C(F)(F)F)c1. The van der Waals surface area contributed by atoms with Crippen LogP contribution >= 0.6 is 0 Å². The molecule has 2 atom stereocenters. The second kappa shape index (κ2) is 5.63. The van der Waals surface area contributed by atoms with Gasteiger partial charge in [-0.15, -0.1) is 0 Å². The predicted octanol–water partition coefficient (Wildman–Crippen LogP) is 4.44. The molecule has 0 fully saturated rings. The van der Waals surface area contributed by atoms with Crippen LogP contribution in [-0.2, 0) is 12.4 Å². The van der Waals surface area contributed by atoms with Gasteiger partial charge >= 0.3 is 12.4 Å². The van der Waals surface area contributed by atoms with E-state index in [1.54, 1.807) is 20.9 Å². The van der Waals surface area contributed by atoms with Crippen LogP contribution in [0.3, 0.4) is 0 Å². The molecule has 0 aliphatic rings. The van der Waals surface area contributed by atoms with Gasteiger partial charge in [0.05, 0.1) is 11.1 Å². The lowest BCUT2D eigenvalue weighted by Crippen LogP contribution is -2.27. The third-order valence-electron chi connectivity index (χ3n) is 3.34. The Morgan fingerprint density at radius 2 is 1.25 bits per heavy atom. The fourth-order valence-corrected chi connectivity index (χ4v) is 1.78. The average Bonchev–Trinajstić information content (AvgIpc) is 2.34. The summed E-state index contributed by atoms with van der Waals surface area (Å²) in [5, 5.41) is 2.82. The number of alkyl halides is 6. The quantitative estimate of drug-likeness (QED) is 0.814. The Kier molecular flexibility index (Phi) is 4.74. The average molecular weight is 299 g/mol. The fraction of sp³-hybridized carbons (Fsp3) is 0.538. The molecule has 0 bridgehead atoms. The van der Waals surface area contributed by atoms with E-state index in [-0.39, 0.29) is 17.7 Å². The minimum absolute atomic E-state index is 0.00833. The van der Waals surface area contributed by atoms with E-state index < -0.39 is 29.4 Å². The number of benzene rings is 1. The first-order chi connectivity index (χ1) is 8.96. The molecular formula is C13H15F6N. The van der Waals surface area contributed by atoms with Crippen molar-refractivity contribution >= 4 is 0 Å². The van der Waals surface area contributed by atoms with E-state index in [1.807, 2.05) is 0 Å². The van der Waals surface area contributed by atoms with Crippen LogP contribution < -0.4 is 5.32 Å². The molecular weight excluding hydrogens is 284 g/mol. The molecule has 0 aliphatic heterocycles. The molecule has 114 valence electrons. The van der Waals surface area contributed by atoms with Gasteiger partial charge in [-0.1, -0.05) is 6.92 Å². The lowest BCUT2D eigenvalue weighted by atomic mass is 9.91. The predicted molar refractivity (Wildman–Crippen MR) is 63.4 cm³/mol. The lowest BCUT2D eigenvalue weighted by molar-refractivity contribution is -0.143. The molecule has 0 saturated heterocycles. The molecule has 0 heterocycles. The normalized spacial score (nSPS) is 16.1. The Morgan fingerprint density at radius 1 is 0.850 bits per heavy atom. The molecule has 0 amide bonds. The molecule has 1 rings (SSSR count). The van der Waals surface area contributed by atoms with Crippen molar-refractivity contribution in [2.75, 3.05) is 7.05 Å². The zero-order valence-corrected chi connectivity index (χ0v) is 11.2. The highest BCUT2D eigenvalue weighted by Gasteiger charge is 2.37. The van der Waals surface area contributed by atoms with Crippen LogP contribution in [0.5, 0.6) is 0 Å². The molecule has 1 aromatic rings. The first-order valence-electron chi connectivity index (χ1n) is 5.93. The molecule has 1 N–H and O–H groups in total. The molecule has 20 heavy (non-hydrogen) atoms. The van der Waals surface area contributed by atoms with Crippen LogP contribution in [0.25, 0.3) is 0 Å². The smallest absolute Gasteiger partial charge is 0.317 e. The van der Waals surface area contributed by atoms with Crippen LogP contribution in [0, 0.1) is 0 Å². The van der Waals surface area contributed by atoms with Gasteiger partial charge in [0, 0.05) is 6.04 Å². The molecule has 0 spiro atoms. The zero-order valence-electron chi connectivity index (χ0n) is 11.2. The van der Waals surface area contributed by atoms with Gasteiger partial charge in [0.2, 0.25) is 0 Å². The Hall–Kier alpha value is -1.24. The van der Waals surface area contributed by atoms with Crippen molar-refractivity contribution in [2.45, 2.75) is 38.2 Å². The topological polar surface area (TPSA) is 12.0 Å². The van der Waals surface area contributed by atoms with Crippen LogP contribution in [0.2, 0.25) is 0 Å². The summed E-state index contributed by atoms with van der Waals surface area (Å²) in [6.07, 6.45) is -9.61. The van der Waals surface area contributed by atoms with E-state index in [0.29, 0.717) is 0 Å². The van der Waals surface area contributed by atoms with E-state index in [2.05, 4.69) is 5.32 Å². The number of likely N-dealkylation sites (N-methyl/N-ethyl adjacent to an activating group) is 1. The summed E-state index contributed by atoms with van der Waals surface area (Å²) in [6, 6.07) is 1.43. The van der Waals surface area contributed by atoms with E-state index in [1.165, 1.54) is 0 Å². The summed E-state index contributed by atoms with van der Waals surface area (Å²) in [6.45, 7) is 3.27. The van der Waals surface area contributed by atoms with Crippen LogP contribution in [0.4, 0.5) is 26.3 Å². The summed E-state index contributed by atoms with van der Waals surface area (Å²) in [7, 11) is 1.60. The monoisotopic (exact) mass is 299 g/mol. The molecule has 0 aromatic heterocycles. The third-order valence-corrected chi connectivity index (χ3v) is 3.34. The number of nitrogens with one attached hydrogen (secondary N) is 1. The maximum absolute atomic E-state index is 12.7. The van der Waals surface area contributed by atoms with Crippen molar-refractivity contribution in [3.05, 3.63) is 34.9 Å². The Balaban J connectivity index is 3.38. The van der Waals surface area contributed by atoms with Crippen LogP contribution in [-0.4, -0.2) is 13.1 Å². The van der Waals surface area contributed by atoms with Crippen molar-refractivity contribution in [1.82, 2.24) is 5.32 Å². The number of hydrogen-bond acceptors (Lipinski definition) is 1. The first kappa shape index (κ1) is 16.8. The van der Waals surface area contributed by atoms with Gasteiger partial charge in [-0.05, 0) is 43.7 Å². The summed E-state index contributed by atoms with van der Waals surface area (Å²) in [5.74, 6) is -0.483. The standard InChI is InChI=1S/C13H15F6N/c1-7(8(2)20-3)9-4-10(12(14,15)16)6-11(5-9)13(17,18)19/h4-8,20H,1-3H3.